The fourth-order valence-corrected chi connectivity index (χ4v) is 1.32. The molecule has 1 nitrogen and oxygen atoms in total. The van der Waals surface area contributed by atoms with E-state index in [-0.39, 0.29) is 12.8 Å². The maximum atomic E-state index is 12.7. The molecule has 1 aliphatic rings. The van der Waals surface area contributed by atoms with Gasteiger partial charge in [-0.3, -0.25) is 4.90 Å². The van der Waals surface area contributed by atoms with Crippen molar-refractivity contribution in [3.63, 3.8) is 0 Å². The summed E-state index contributed by atoms with van der Waals surface area (Å²) in [5.41, 5.74) is 0. The Hall–Kier alpha value is -0.440. The number of alkyl halides is 2. The summed E-state index contributed by atoms with van der Waals surface area (Å²) in [6, 6.07) is 0. The molecule has 1 fully saturated rings. The minimum absolute atomic E-state index is 0.0184. The van der Waals surface area contributed by atoms with Crippen molar-refractivity contribution < 1.29 is 8.78 Å². The van der Waals surface area contributed by atoms with Crippen LogP contribution in [0.5, 0.6) is 0 Å². The molecule has 3 heteroatoms. The third-order valence-corrected chi connectivity index (χ3v) is 2.19. The summed E-state index contributed by atoms with van der Waals surface area (Å²) in [6.45, 7) is 3.81. The molecule has 0 amide bonds. The van der Waals surface area contributed by atoms with E-state index in [1.807, 2.05) is 19.1 Å². The Balaban J connectivity index is 2.26. The summed E-state index contributed by atoms with van der Waals surface area (Å²) in [5, 5.41) is 0. The normalized spacial score (nSPS) is 24.9. The molecule has 0 unspecified atom stereocenters. The first kappa shape index (κ1) is 9.65. The van der Waals surface area contributed by atoms with Gasteiger partial charge in [-0.25, -0.2) is 8.78 Å². The summed E-state index contributed by atoms with van der Waals surface area (Å²) in [5.74, 6) is -2.41. The minimum atomic E-state index is -2.41. The molecule has 1 saturated heterocycles. The third kappa shape index (κ3) is 2.89. The number of piperidine rings is 1. The van der Waals surface area contributed by atoms with Gasteiger partial charge >= 0.3 is 0 Å². The number of hydrogen-bond donors (Lipinski definition) is 0. The highest BCUT2D eigenvalue weighted by Gasteiger charge is 2.33. The Kier molecular flexibility index (Phi) is 3.20. The van der Waals surface area contributed by atoms with E-state index >= 15 is 0 Å². The molecule has 1 aliphatic heterocycles. The standard InChI is InChI=1S/C9H15F2N/c1-2-3-6-12-7-4-9(10,11)5-8-12/h2-3H,4-8H2,1H3/b3-2+. The average molecular weight is 175 g/mol. The lowest BCUT2D eigenvalue weighted by molar-refractivity contribution is -0.0530. The predicted molar refractivity (Wildman–Crippen MR) is 45.4 cm³/mol. The zero-order valence-electron chi connectivity index (χ0n) is 7.39. The van der Waals surface area contributed by atoms with E-state index < -0.39 is 5.92 Å². The number of nitrogens with zero attached hydrogens (tertiary/aromatic N) is 1. The fourth-order valence-electron chi connectivity index (χ4n) is 1.32. The van der Waals surface area contributed by atoms with Crippen LogP contribution in [-0.4, -0.2) is 30.5 Å². The maximum Gasteiger partial charge on any atom is 0.250 e. The summed E-state index contributed by atoms with van der Waals surface area (Å²) in [7, 11) is 0. The Bertz CT molecular complexity index is 156. The number of rotatable bonds is 2. The molecular weight excluding hydrogens is 160 g/mol. The monoisotopic (exact) mass is 175 g/mol. The predicted octanol–water partition coefficient (Wildman–Crippen LogP) is 2.29. The Morgan fingerprint density at radius 1 is 1.33 bits per heavy atom. The van der Waals surface area contributed by atoms with Crippen molar-refractivity contribution in [2.24, 2.45) is 0 Å². The number of allylic oxidation sites excluding steroid dienone is 1. The van der Waals surface area contributed by atoms with E-state index in [0.717, 1.165) is 6.54 Å². The Labute approximate surface area is 72.1 Å². The Morgan fingerprint density at radius 3 is 2.42 bits per heavy atom. The average Bonchev–Trinajstić information content (AvgIpc) is 2.03. The molecule has 0 aromatic rings. The maximum absolute atomic E-state index is 12.7. The lowest BCUT2D eigenvalue weighted by atomic mass is 10.1. The largest absolute Gasteiger partial charge is 0.299 e. The van der Waals surface area contributed by atoms with Gasteiger partial charge in [0, 0.05) is 32.5 Å². The van der Waals surface area contributed by atoms with Crippen LogP contribution in [0.1, 0.15) is 19.8 Å². The zero-order chi connectivity index (χ0) is 9.03. The second kappa shape index (κ2) is 3.99. The van der Waals surface area contributed by atoms with E-state index in [4.69, 9.17) is 0 Å². The van der Waals surface area contributed by atoms with Gasteiger partial charge < -0.3 is 0 Å². The molecule has 1 heterocycles. The van der Waals surface area contributed by atoms with Gasteiger partial charge in [0.2, 0.25) is 0 Å². The second-order valence-electron chi connectivity index (χ2n) is 3.23. The van der Waals surface area contributed by atoms with Crippen molar-refractivity contribution in [2.45, 2.75) is 25.7 Å². The number of likely N-dealkylation sites (tertiary alicyclic amines) is 1. The molecule has 0 aromatic carbocycles. The summed E-state index contributed by atoms with van der Waals surface area (Å²) in [4.78, 5) is 2.05. The molecule has 0 aromatic heterocycles. The third-order valence-electron chi connectivity index (χ3n) is 2.19. The summed E-state index contributed by atoms with van der Waals surface area (Å²) in [6.07, 6.45) is 3.99. The van der Waals surface area contributed by atoms with E-state index in [1.54, 1.807) is 0 Å². The molecule has 0 aliphatic carbocycles. The number of hydrogen-bond acceptors (Lipinski definition) is 1. The van der Waals surface area contributed by atoms with Crippen molar-refractivity contribution in [2.75, 3.05) is 19.6 Å². The van der Waals surface area contributed by atoms with E-state index in [0.29, 0.717) is 13.1 Å². The molecule has 12 heavy (non-hydrogen) atoms. The van der Waals surface area contributed by atoms with Gasteiger partial charge in [-0.05, 0) is 6.92 Å². The highest BCUT2D eigenvalue weighted by molar-refractivity contribution is 4.85. The molecule has 0 atom stereocenters. The van der Waals surface area contributed by atoms with Gasteiger partial charge in [0.1, 0.15) is 0 Å². The van der Waals surface area contributed by atoms with Crippen LogP contribution >= 0.6 is 0 Å². The molecule has 1 rings (SSSR count). The van der Waals surface area contributed by atoms with Crippen molar-refractivity contribution >= 4 is 0 Å². The molecule has 0 bridgehead atoms. The van der Waals surface area contributed by atoms with E-state index in [9.17, 15) is 8.78 Å². The fraction of sp³-hybridized carbons (Fsp3) is 0.778. The first-order chi connectivity index (χ1) is 5.64. The van der Waals surface area contributed by atoms with Gasteiger partial charge in [0.15, 0.2) is 0 Å². The second-order valence-corrected chi connectivity index (χ2v) is 3.23. The van der Waals surface area contributed by atoms with Gasteiger partial charge in [-0.1, -0.05) is 12.2 Å². The Morgan fingerprint density at radius 2 is 1.92 bits per heavy atom. The van der Waals surface area contributed by atoms with Crippen molar-refractivity contribution in [1.82, 2.24) is 4.90 Å². The summed E-state index contributed by atoms with van der Waals surface area (Å²) >= 11 is 0. The van der Waals surface area contributed by atoms with Crippen LogP contribution in [-0.2, 0) is 0 Å². The lowest BCUT2D eigenvalue weighted by Crippen LogP contribution is -2.39. The van der Waals surface area contributed by atoms with Crippen LogP contribution in [0.25, 0.3) is 0 Å². The van der Waals surface area contributed by atoms with Gasteiger partial charge in [0.25, 0.3) is 5.92 Å². The first-order valence-electron chi connectivity index (χ1n) is 4.35. The molecular formula is C9H15F2N. The van der Waals surface area contributed by atoms with Crippen molar-refractivity contribution in [3.05, 3.63) is 12.2 Å². The molecule has 70 valence electrons. The molecule has 0 radical (unpaired) electrons. The SMILES string of the molecule is C/C=C/CN1CCC(F)(F)CC1. The van der Waals surface area contributed by atoms with Gasteiger partial charge in [0.05, 0.1) is 0 Å². The summed E-state index contributed by atoms with van der Waals surface area (Å²) < 4.78 is 25.3. The van der Waals surface area contributed by atoms with Crippen molar-refractivity contribution in [1.29, 1.82) is 0 Å². The minimum Gasteiger partial charge on any atom is -0.299 e. The van der Waals surface area contributed by atoms with Crippen LogP contribution in [0.3, 0.4) is 0 Å². The van der Waals surface area contributed by atoms with E-state index in [2.05, 4.69) is 4.90 Å². The smallest absolute Gasteiger partial charge is 0.250 e. The lowest BCUT2D eigenvalue weighted by Gasteiger charge is -2.30. The quantitative estimate of drug-likeness (QED) is 0.582. The topological polar surface area (TPSA) is 3.24 Å². The van der Waals surface area contributed by atoms with Crippen LogP contribution in [0.2, 0.25) is 0 Å². The van der Waals surface area contributed by atoms with Crippen LogP contribution in [0.15, 0.2) is 12.2 Å². The van der Waals surface area contributed by atoms with E-state index in [1.165, 1.54) is 0 Å². The highest BCUT2D eigenvalue weighted by Crippen LogP contribution is 2.27. The van der Waals surface area contributed by atoms with Gasteiger partial charge in [-0.15, -0.1) is 0 Å². The number of halogens is 2. The molecule has 0 spiro atoms. The molecule has 0 saturated carbocycles. The zero-order valence-corrected chi connectivity index (χ0v) is 7.39. The highest BCUT2D eigenvalue weighted by atomic mass is 19.3. The van der Waals surface area contributed by atoms with Gasteiger partial charge in [-0.2, -0.15) is 0 Å². The molecule has 0 N–H and O–H groups in total. The van der Waals surface area contributed by atoms with Crippen LogP contribution in [0.4, 0.5) is 8.78 Å². The first-order valence-corrected chi connectivity index (χ1v) is 4.35. The van der Waals surface area contributed by atoms with Crippen LogP contribution < -0.4 is 0 Å². The van der Waals surface area contributed by atoms with Crippen molar-refractivity contribution in [3.8, 4) is 0 Å². The van der Waals surface area contributed by atoms with Crippen LogP contribution in [0, 0.1) is 0 Å².